The maximum Gasteiger partial charge on any atom is 0.270 e. The number of halogens is 1. The number of piperidine rings is 1. The van der Waals surface area contributed by atoms with Gasteiger partial charge in [-0.3, -0.25) is 9.59 Å². The van der Waals surface area contributed by atoms with Crippen LogP contribution in [0.5, 0.6) is 0 Å². The van der Waals surface area contributed by atoms with E-state index in [0.717, 1.165) is 24.8 Å². The second kappa shape index (κ2) is 8.79. The molecular weight excluding hydrogens is 428 g/mol. The summed E-state index contributed by atoms with van der Waals surface area (Å²) >= 11 is 6.18. The van der Waals surface area contributed by atoms with Crippen LogP contribution in [0.15, 0.2) is 29.2 Å². The number of nitrogens with zero attached hydrogens (tertiary/aromatic N) is 2. The van der Waals surface area contributed by atoms with Crippen molar-refractivity contribution in [1.82, 2.24) is 14.2 Å². The molecule has 1 aromatic carbocycles. The topological polar surface area (TPSA) is 117 Å². The number of carbonyl (C=O) groups is 2. The number of sulfonamides is 1. The number of hydrogen-bond acceptors (Lipinski definition) is 4. The third-order valence-corrected chi connectivity index (χ3v) is 7.72. The highest BCUT2D eigenvalue weighted by Gasteiger charge is 2.35. The van der Waals surface area contributed by atoms with Crippen molar-refractivity contribution in [3.8, 4) is 0 Å². The Bertz CT molecular complexity index is 1070. The SMILES string of the molecule is Cc1c(C(=O)N(C)Cc2ccccc2Cl)[nH]c(C(N)=O)c1S(=O)(=O)N1CCCCC1. The number of nitrogens with two attached hydrogens (primary N) is 1. The van der Waals surface area contributed by atoms with Crippen molar-refractivity contribution in [2.24, 2.45) is 5.73 Å². The van der Waals surface area contributed by atoms with Crippen LogP contribution in [0.1, 0.15) is 51.4 Å². The van der Waals surface area contributed by atoms with E-state index in [0.29, 0.717) is 18.1 Å². The van der Waals surface area contributed by atoms with Crippen LogP contribution in [0.25, 0.3) is 0 Å². The van der Waals surface area contributed by atoms with Crippen molar-refractivity contribution in [1.29, 1.82) is 0 Å². The molecule has 1 aromatic heterocycles. The predicted octanol–water partition coefficient (Wildman–Crippen LogP) is 2.52. The molecule has 1 aliphatic heterocycles. The molecule has 0 bridgehead atoms. The van der Waals surface area contributed by atoms with Gasteiger partial charge in [0.1, 0.15) is 16.3 Å². The Balaban J connectivity index is 1.98. The molecule has 1 aliphatic rings. The number of benzene rings is 1. The summed E-state index contributed by atoms with van der Waals surface area (Å²) in [5, 5.41) is 0.520. The standard InChI is InChI=1S/C20H25ClN4O4S/c1-13-16(20(27)24(2)12-14-8-4-5-9-15(14)21)23-17(19(22)26)18(13)30(28,29)25-10-6-3-7-11-25/h4-5,8-9,23H,3,6-7,10-12H2,1-2H3,(H2,22,26). The maximum atomic E-state index is 13.2. The quantitative estimate of drug-likeness (QED) is 0.700. The monoisotopic (exact) mass is 452 g/mol. The molecule has 10 heteroatoms. The van der Waals surface area contributed by atoms with Gasteiger partial charge in [-0.05, 0) is 31.4 Å². The molecule has 0 atom stereocenters. The largest absolute Gasteiger partial charge is 0.364 e. The average molecular weight is 453 g/mol. The van der Waals surface area contributed by atoms with Crippen LogP contribution >= 0.6 is 11.6 Å². The summed E-state index contributed by atoms with van der Waals surface area (Å²) in [4.78, 5) is 28.9. The lowest BCUT2D eigenvalue weighted by molar-refractivity contribution is 0.0779. The van der Waals surface area contributed by atoms with E-state index < -0.39 is 21.8 Å². The van der Waals surface area contributed by atoms with Gasteiger partial charge in [0.05, 0.1) is 0 Å². The molecule has 0 spiro atoms. The first-order valence-corrected chi connectivity index (χ1v) is 11.5. The van der Waals surface area contributed by atoms with E-state index in [1.807, 2.05) is 6.07 Å². The molecule has 3 N–H and O–H groups in total. The molecule has 0 radical (unpaired) electrons. The Labute approximate surface area is 181 Å². The Morgan fingerprint density at radius 1 is 1.17 bits per heavy atom. The number of H-pyrrole nitrogens is 1. The number of hydrogen-bond donors (Lipinski definition) is 2. The van der Waals surface area contributed by atoms with Gasteiger partial charge in [-0.25, -0.2) is 8.42 Å². The van der Waals surface area contributed by atoms with E-state index >= 15 is 0 Å². The van der Waals surface area contributed by atoms with Gasteiger partial charge in [0.15, 0.2) is 0 Å². The number of aromatic nitrogens is 1. The summed E-state index contributed by atoms with van der Waals surface area (Å²) in [5.41, 5.74) is 6.13. The highest BCUT2D eigenvalue weighted by Crippen LogP contribution is 2.29. The predicted molar refractivity (Wildman–Crippen MR) is 114 cm³/mol. The fourth-order valence-corrected chi connectivity index (χ4v) is 5.76. The van der Waals surface area contributed by atoms with Crippen LogP contribution in [0.3, 0.4) is 0 Å². The van der Waals surface area contributed by atoms with Crippen LogP contribution < -0.4 is 5.73 Å². The number of aromatic amines is 1. The number of nitrogens with one attached hydrogen (secondary N) is 1. The fourth-order valence-electron chi connectivity index (χ4n) is 3.67. The summed E-state index contributed by atoms with van der Waals surface area (Å²) in [5.74, 6) is -1.39. The first-order chi connectivity index (χ1) is 14.1. The molecule has 2 heterocycles. The van der Waals surface area contributed by atoms with Gasteiger partial charge in [0.25, 0.3) is 11.8 Å². The average Bonchev–Trinajstić information content (AvgIpc) is 3.08. The Morgan fingerprint density at radius 2 is 1.80 bits per heavy atom. The normalized spacial score (nSPS) is 15.2. The van der Waals surface area contributed by atoms with Gasteiger partial charge in [0, 0.05) is 37.3 Å². The van der Waals surface area contributed by atoms with Crippen LogP contribution in [0, 0.1) is 6.92 Å². The lowest BCUT2D eigenvalue weighted by Crippen LogP contribution is -2.36. The summed E-state index contributed by atoms with van der Waals surface area (Å²) < 4.78 is 27.8. The molecule has 0 saturated carbocycles. The van der Waals surface area contributed by atoms with Crippen LogP contribution in [0.4, 0.5) is 0 Å². The summed E-state index contributed by atoms with van der Waals surface area (Å²) in [6, 6.07) is 7.13. The van der Waals surface area contributed by atoms with Gasteiger partial charge in [-0.1, -0.05) is 36.2 Å². The Hall–Kier alpha value is -2.36. The zero-order chi connectivity index (χ0) is 22.1. The van der Waals surface area contributed by atoms with Crippen molar-refractivity contribution < 1.29 is 18.0 Å². The first kappa shape index (κ1) is 22.3. The minimum absolute atomic E-state index is 0.0222. The van der Waals surface area contributed by atoms with E-state index in [-0.39, 0.29) is 28.4 Å². The smallest absolute Gasteiger partial charge is 0.270 e. The third kappa shape index (κ3) is 4.23. The van der Waals surface area contributed by atoms with Crippen molar-refractivity contribution >= 4 is 33.4 Å². The van der Waals surface area contributed by atoms with E-state index in [1.54, 1.807) is 25.2 Å². The van der Waals surface area contributed by atoms with E-state index in [2.05, 4.69) is 4.98 Å². The summed E-state index contributed by atoms with van der Waals surface area (Å²) in [7, 11) is -2.38. The Kier molecular flexibility index (Phi) is 6.54. The first-order valence-electron chi connectivity index (χ1n) is 9.66. The minimum atomic E-state index is -3.96. The van der Waals surface area contributed by atoms with Crippen LogP contribution in [-0.2, 0) is 16.6 Å². The molecule has 0 aliphatic carbocycles. The minimum Gasteiger partial charge on any atom is -0.364 e. The number of rotatable bonds is 6. The van der Waals surface area contributed by atoms with E-state index in [9.17, 15) is 18.0 Å². The molecule has 162 valence electrons. The second-order valence-corrected chi connectivity index (χ2v) is 9.69. The zero-order valence-corrected chi connectivity index (χ0v) is 18.5. The third-order valence-electron chi connectivity index (χ3n) is 5.28. The van der Waals surface area contributed by atoms with Gasteiger partial charge < -0.3 is 15.6 Å². The van der Waals surface area contributed by atoms with E-state index in [1.165, 1.54) is 16.1 Å². The lowest BCUT2D eigenvalue weighted by atomic mass is 10.2. The highest BCUT2D eigenvalue weighted by molar-refractivity contribution is 7.89. The van der Waals surface area contributed by atoms with E-state index in [4.69, 9.17) is 17.3 Å². The van der Waals surface area contributed by atoms with Crippen molar-refractivity contribution in [3.05, 3.63) is 51.8 Å². The molecule has 3 rings (SSSR count). The van der Waals surface area contributed by atoms with Gasteiger partial charge in [-0.15, -0.1) is 0 Å². The molecule has 8 nitrogen and oxygen atoms in total. The molecule has 2 aromatic rings. The molecule has 1 saturated heterocycles. The summed E-state index contributed by atoms with van der Waals surface area (Å²) in [6.45, 7) is 2.48. The second-order valence-electron chi connectivity index (χ2n) is 7.41. The molecule has 1 fully saturated rings. The van der Waals surface area contributed by atoms with Crippen molar-refractivity contribution in [3.63, 3.8) is 0 Å². The van der Waals surface area contributed by atoms with Crippen LogP contribution in [0.2, 0.25) is 5.02 Å². The molecule has 2 amide bonds. The van der Waals surface area contributed by atoms with Gasteiger partial charge in [-0.2, -0.15) is 4.31 Å². The van der Waals surface area contributed by atoms with Gasteiger partial charge >= 0.3 is 0 Å². The van der Waals surface area contributed by atoms with Crippen LogP contribution in [-0.4, -0.2) is 54.6 Å². The maximum absolute atomic E-state index is 13.2. The number of amides is 2. The number of primary amides is 1. The van der Waals surface area contributed by atoms with Gasteiger partial charge in [0.2, 0.25) is 10.0 Å². The fraction of sp³-hybridized carbons (Fsp3) is 0.400. The lowest BCUT2D eigenvalue weighted by Gasteiger charge is -2.26. The molecule has 30 heavy (non-hydrogen) atoms. The Morgan fingerprint density at radius 3 is 2.40 bits per heavy atom. The van der Waals surface area contributed by atoms with Crippen molar-refractivity contribution in [2.75, 3.05) is 20.1 Å². The molecular formula is C20H25ClN4O4S. The molecule has 0 unspecified atom stereocenters. The highest BCUT2D eigenvalue weighted by atomic mass is 35.5. The zero-order valence-electron chi connectivity index (χ0n) is 16.9. The number of carbonyl (C=O) groups excluding carboxylic acids is 2. The summed E-state index contributed by atoms with van der Waals surface area (Å²) in [6.07, 6.45) is 2.46. The van der Waals surface area contributed by atoms with Crippen molar-refractivity contribution in [2.45, 2.75) is 37.6 Å².